The molecule has 7 nitrogen and oxygen atoms in total. The summed E-state index contributed by atoms with van der Waals surface area (Å²) in [6.45, 7) is 2.34. The van der Waals surface area contributed by atoms with Crippen LogP contribution in [0.1, 0.15) is 36.9 Å². The van der Waals surface area contributed by atoms with Crippen molar-refractivity contribution in [2.45, 2.75) is 38.5 Å². The van der Waals surface area contributed by atoms with Crippen LogP contribution in [0.15, 0.2) is 24.3 Å². The summed E-state index contributed by atoms with van der Waals surface area (Å²) in [7, 11) is 0. The average molecular weight is 358 g/mol. The molecular weight excluding hydrogens is 332 g/mol. The van der Waals surface area contributed by atoms with Gasteiger partial charge in [-0.1, -0.05) is 18.2 Å². The van der Waals surface area contributed by atoms with Gasteiger partial charge < -0.3 is 15.5 Å². The highest BCUT2D eigenvalue weighted by atomic mass is 16.9. The smallest absolute Gasteiger partial charge is 0.294 e. The number of nitrogens with zero attached hydrogens (tertiary/aromatic N) is 2. The van der Waals surface area contributed by atoms with E-state index in [1.165, 1.54) is 35.2 Å². The van der Waals surface area contributed by atoms with Gasteiger partial charge in [0.25, 0.3) is 5.09 Å². The number of benzene rings is 1. The number of para-hydroxylation sites is 1. The number of anilines is 1. The molecule has 1 aromatic heterocycles. The van der Waals surface area contributed by atoms with E-state index in [-0.39, 0.29) is 6.61 Å². The second-order valence-electron chi connectivity index (χ2n) is 6.58. The molecular formula is C19H26N4O3. The topological polar surface area (TPSA) is 89.3 Å². The monoisotopic (exact) mass is 358 g/mol. The molecule has 0 unspecified atom stereocenters. The summed E-state index contributed by atoms with van der Waals surface area (Å²) in [6, 6.07) is 8.35. The Morgan fingerprint density at radius 2 is 1.92 bits per heavy atom. The number of nitrogens with one attached hydrogen (secondary N) is 2. The van der Waals surface area contributed by atoms with Gasteiger partial charge in [-0.15, -0.1) is 10.1 Å². The second kappa shape index (κ2) is 9.33. The second-order valence-corrected chi connectivity index (χ2v) is 6.58. The fraction of sp³-hybridized carbons (Fsp3) is 0.526. The van der Waals surface area contributed by atoms with Crippen LogP contribution in [0.2, 0.25) is 0 Å². The van der Waals surface area contributed by atoms with Gasteiger partial charge in [0.15, 0.2) is 0 Å². The van der Waals surface area contributed by atoms with Crippen molar-refractivity contribution in [3.8, 4) is 0 Å². The molecule has 0 saturated carbocycles. The first-order valence-electron chi connectivity index (χ1n) is 9.38. The molecule has 1 aliphatic carbocycles. The molecule has 0 bridgehead atoms. The molecule has 0 aliphatic heterocycles. The van der Waals surface area contributed by atoms with Crippen molar-refractivity contribution in [3.05, 3.63) is 45.6 Å². The van der Waals surface area contributed by atoms with Gasteiger partial charge in [-0.3, -0.25) is 4.98 Å². The lowest BCUT2D eigenvalue weighted by Crippen LogP contribution is -2.22. The van der Waals surface area contributed by atoms with Gasteiger partial charge in [0.05, 0.1) is 5.52 Å². The molecule has 0 radical (unpaired) electrons. The van der Waals surface area contributed by atoms with Crippen LogP contribution in [0, 0.1) is 10.1 Å². The van der Waals surface area contributed by atoms with Gasteiger partial charge in [0, 0.05) is 29.9 Å². The van der Waals surface area contributed by atoms with Crippen LogP contribution < -0.4 is 10.6 Å². The average Bonchev–Trinajstić information content (AvgIpc) is 2.65. The molecule has 0 atom stereocenters. The SMILES string of the molecule is O=[N+]([O-])OCCNCCCCNc1c2c(nc3ccccc13)CCCC2. The first kappa shape index (κ1) is 18.4. The number of hydrogen-bond acceptors (Lipinski definition) is 6. The zero-order valence-electron chi connectivity index (χ0n) is 15.0. The van der Waals surface area contributed by atoms with Crippen molar-refractivity contribution < 1.29 is 9.92 Å². The lowest BCUT2D eigenvalue weighted by atomic mass is 9.92. The number of hydrogen-bond donors (Lipinski definition) is 2. The van der Waals surface area contributed by atoms with Crippen molar-refractivity contribution in [1.82, 2.24) is 10.3 Å². The molecule has 1 aromatic carbocycles. The molecule has 3 rings (SSSR count). The van der Waals surface area contributed by atoms with Gasteiger partial charge in [-0.25, -0.2) is 0 Å². The summed E-state index contributed by atoms with van der Waals surface area (Å²) in [6.07, 6.45) is 6.69. The van der Waals surface area contributed by atoms with E-state index in [4.69, 9.17) is 4.98 Å². The molecule has 1 aliphatic rings. The van der Waals surface area contributed by atoms with E-state index in [1.807, 2.05) is 6.07 Å². The molecule has 2 aromatic rings. The summed E-state index contributed by atoms with van der Waals surface area (Å²) >= 11 is 0. The van der Waals surface area contributed by atoms with Gasteiger partial charge in [-0.2, -0.15) is 0 Å². The number of aromatic nitrogens is 1. The molecule has 26 heavy (non-hydrogen) atoms. The van der Waals surface area contributed by atoms with Crippen LogP contribution in [0.5, 0.6) is 0 Å². The Morgan fingerprint density at radius 1 is 1.12 bits per heavy atom. The van der Waals surface area contributed by atoms with Crippen molar-refractivity contribution in [3.63, 3.8) is 0 Å². The highest BCUT2D eigenvalue weighted by Crippen LogP contribution is 2.33. The van der Waals surface area contributed by atoms with Crippen LogP contribution in [0.3, 0.4) is 0 Å². The lowest BCUT2D eigenvalue weighted by molar-refractivity contribution is -0.757. The Kier molecular flexibility index (Phi) is 6.60. The molecule has 0 fully saturated rings. The Bertz CT molecular complexity index is 751. The number of unbranched alkanes of at least 4 members (excludes halogenated alkanes) is 1. The van der Waals surface area contributed by atoms with E-state index in [9.17, 15) is 10.1 Å². The Hall–Kier alpha value is -2.41. The van der Waals surface area contributed by atoms with Gasteiger partial charge in [0.1, 0.15) is 6.61 Å². The molecule has 0 spiro atoms. The molecule has 1 heterocycles. The Balaban J connectivity index is 1.50. The third-order valence-corrected chi connectivity index (χ3v) is 4.73. The predicted octanol–water partition coefficient (Wildman–Crippen LogP) is 3.10. The van der Waals surface area contributed by atoms with Crippen LogP contribution in [-0.4, -0.2) is 36.3 Å². The Morgan fingerprint density at radius 3 is 2.81 bits per heavy atom. The van der Waals surface area contributed by atoms with Crippen LogP contribution in [0.4, 0.5) is 5.69 Å². The maximum Gasteiger partial charge on any atom is 0.294 e. The van der Waals surface area contributed by atoms with E-state index < -0.39 is 5.09 Å². The first-order valence-corrected chi connectivity index (χ1v) is 9.38. The quantitative estimate of drug-likeness (QED) is 0.385. The normalized spacial score (nSPS) is 13.4. The third-order valence-electron chi connectivity index (χ3n) is 4.73. The van der Waals surface area contributed by atoms with Crippen LogP contribution in [0.25, 0.3) is 10.9 Å². The summed E-state index contributed by atoms with van der Waals surface area (Å²) in [5.74, 6) is 0. The van der Waals surface area contributed by atoms with E-state index in [0.29, 0.717) is 6.54 Å². The van der Waals surface area contributed by atoms with E-state index in [0.717, 1.165) is 44.3 Å². The van der Waals surface area contributed by atoms with Gasteiger partial charge >= 0.3 is 0 Å². The molecule has 0 saturated heterocycles. The van der Waals surface area contributed by atoms with E-state index >= 15 is 0 Å². The minimum atomic E-state index is -0.759. The van der Waals surface area contributed by atoms with Crippen molar-refractivity contribution in [2.75, 3.05) is 31.6 Å². The minimum Gasteiger partial charge on any atom is -0.384 e. The minimum absolute atomic E-state index is 0.0976. The van der Waals surface area contributed by atoms with Gasteiger partial charge in [-0.05, 0) is 56.7 Å². The zero-order chi connectivity index (χ0) is 18.2. The first-order chi connectivity index (χ1) is 12.8. The Labute approximate surface area is 153 Å². The lowest BCUT2D eigenvalue weighted by Gasteiger charge is -2.21. The van der Waals surface area contributed by atoms with Crippen molar-refractivity contribution in [1.29, 1.82) is 0 Å². The summed E-state index contributed by atoms with van der Waals surface area (Å²) in [5.41, 5.74) is 4.98. The number of pyridine rings is 1. The number of fused-ring (bicyclic) bond motifs is 2. The third kappa shape index (κ3) is 4.82. The largest absolute Gasteiger partial charge is 0.384 e. The highest BCUT2D eigenvalue weighted by molar-refractivity contribution is 5.93. The molecule has 7 heteroatoms. The molecule has 2 N–H and O–H groups in total. The number of rotatable bonds is 10. The number of aryl methyl sites for hydroxylation is 1. The van der Waals surface area contributed by atoms with E-state index in [1.54, 1.807) is 0 Å². The fourth-order valence-electron chi connectivity index (χ4n) is 3.48. The zero-order valence-corrected chi connectivity index (χ0v) is 15.0. The summed E-state index contributed by atoms with van der Waals surface area (Å²) < 4.78 is 0. The standard InChI is InChI=1S/C19H26N4O3/c24-23(25)26-14-13-20-11-5-6-12-21-19-15-7-1-3-9-17(15)22-18-10-4-2-8-16(18)19/h1,3,7,9,20H,2,4-6,8,10-14H2,(H,21,22). The van der Waals surface area contributed by atoms with Crippen molar-refractivity contribution in [2.24, 2.45) is 0 Å². The summed E-state index contributed by atoms with van der Waals surface area (Å²) in [4.78, 5) is 19.2. The molecule has 0 amide bonds. The van der Waals surface area contributed by atoms with Crippen LogP contribution in [-0.2, 0) is 17.7 Å². The predicted molar refractivity (Wildman–Crippen MR) is 102 cm³/mol. The van der Waals surface area contributed by atoms with Gasteiger partial charge in [0.2, 0.25) is 0 Å². The van der Waals surface area contributed by atoms with Crippen molar-refractivity contribution >= 4 is 16.6 Å². The maximum absolute atomic E-state index is 10.0. The fourth-order valence-corrected chi connectivity index (χ4v) is 3.48. The summed E-state index contributed by atoms with van der Waals surface area (Å²) in [5, 5.41) is 17.3. The highest BCUT2D eigenvalue weighted by Gasteiger charge is 2.17. The molecule has 140 valence electrons. The van der Waals surface area contributed by atoms with Crippen LogP contribution >= 0.6 is 0 Å². The maximum atomic E-state index is 10.0. The van der Waals surface area contributed by atoms with E-state index in [2.05, 4.69) is 33.7 Å².